The van der Waals surface area contributed by atoms with Gasteiger partial charge in [0.15, 0.2) is 17.5 Å². The summed E-state index contributed by atoms with van der Waals surface area (Å²) in [5.74, 6) is 2.12. The van der Waals surface area contributed by atoms with Gasteiger partial charge in [-0.3, -0.25) is 0 Å². The van der Waals surface area contributed by atoms with Gasteiger partial charge in [-0.05, 0) is 31.5 Å². The van der Waals surface area contributed by atoms with Crippen LogP contribution in [0.5, 0.6) is 11.5 Å². The van der Waals surface area contributed by atoms with Crippen molar-refractivity contribution in [2.75, 3.05) is 26.3 Å². The molecule has 0 aliphatic carbocycles. The van der Waals surface area contributed by atoms with Crippen molar-refractivity contribution in [3.63, 3.8) is 0 Å². The highest BCUT2D eigenvalue weighted by Gasteiger charge is 2.16. The number of ether oxygens (including phenoxy) is 2. The van der Waals surface area contributed by atoms with E-state index >= 15 is 0 Å². The molecule has 1 heterocycles. The Labute approximate surface area is 124 Å². The van der Waals surface area contributed by atoms with E-state index in [9.17, 15) is 0 Å². The first-order valence-corrected chi connectivity index (χ1v) is 7.22. The summed E-state index contributed by atoms with van der Waals surface area (Å²) in [6.45, 7) is 7.35. The number of hydrogen-bond donors (Lipinski definition) is 2. The summed E-state index contributed by atoms with van der Waals surface area (Å²) in [6.07, 6.45) is 0. The van der Waals surface area contributed by atoms with E-state index in [0.29, 0.717) is 36.3 Å². The number of rotatable bonds is 4. The minimum Gasteiger partial charge on any atom is -0.486 e. The van der Waals surface area contributed by atoms with Crippen molar-refractivity contribution in [3.05, 3.63) is 22.7 Å². The van der Waals surface area contributed by atoms with E-state index in [0.717, 1.165) is 24.6 Å². The van der Waals surface area contributed by atoms with Crippen LogP contribution in [0, 0.1) is 0 Å². The molecule has 6 heteroatoms. The third-order valence-electron chi connectivity index (χ3n) is 2.76. The second-order valence-corrected chi connectivity index (χ2v) is 4.73. The van der Waals surface area contributed by atoms with Gasteiger partial charge >= 0.3 is 0 Å². The maximum atomic E-state index is 6.20. The van der Waals surface area contributed by atoms with E-state index in [1.807, 2.05) is 26.0 Å². The first kappa shape index (κ1) is 14.8. The quantitative estimate of drug-likeness (QED) is 0.661. The lowest BCUT2D eigenvalue weighted by Crippen LogP contribution is -2.36. The van der Waals surface area contributed by atoms with Crippen LogP contribution in [0.4, 0.5) is 0 Å². The summed E-state index contributed by atoms with van der Waals surface area (Å²) in [6, 6.07) is 3.80. The smallest absolute Gasteiger partial charge is 0.191 e. The maximum absolute atomic E-state index is 6.20. The molecular formula is C14H20ClN3O2. The van der Waals surface area contributed by atoms with Gasteiger partial charge in [0.1, 0.15) is 13.2 Å². The average molecular weight is 298 g/mol. The molecule has 2 rings (SSSR count). The largest absolute Gasteiger partial charge is 0.486 e. The molecule has 0 radical (unpaired) electrons. The maximum Gasteiger partial charge on any atom is 0.191 e. The molecule has 0 saturated carbocycles. The molecule has 20 heavy (non-hydrogen) atoms. The van der Waals surface area contributed by atoms with E-state index in [-0.39, 0.29) is 0 Å². The minimum absolute atomic E-state index is 0.533. The number of nitrogens with one attached hydrogen (secondary N) is 2. The third kappa shape index (κ3) is 3.70. The van der Waals surface area contributed by atoms with Crippen molar-refractivity contribution in [3.8, 4) is 11.5 Å². The van der Waals surface area contributed by atoms with Crippen molar-refractivity contribution in [2.24, 2.45) is 4.99 Å². The fourth-order valence-electron chi connectivity index (χ4n) is 1.94. The summed E-state index contributed by atoms with van der Waals surface area (Å²) >= 11 is 6.20. The molecule has 110 valence electrons. The fourth-order valence-corrected chi connectivity index (χ4v) is 2.22. The number of fused-ring (bicyclic) bond motifs is 1. The lowest BCUT2D eigenvalue weighted by Gasteiger charge is -2.20. The van der Waals surface area contributed by atoms with E-state index in [2.05, 4.69) is 15.6 Å². The van der Waals surface area contributed by atoms with Gasteiger partial charge in [0, 0.05) is 13.1 Å². The predicted molar refractivity (Wildman–Crippen MR) is 80.9 cm³/mol. The second kappa shape index (κ2) is 7.24. The van der Waals surface area contributed by atoms with Crippen LogP contribution in [0.1, 0.15) is 19.4 Å². The highest BCUT2D eigenvalue weighted by Crippen LogP contribution is 2.38. The Morgan fingerprint density at radius 2 is 1.90 bits per heavy atom. The molecule has 1 aliphatic heterocycles. The van der Waals surface area contributed by atoms with Gasteiger partial charge in [-0.25, -0.2) is 4.99 Å². The molecule has 2 N–H and O–H groups in total. The minimum atomic E-state index is 0.533. The molecule has 0 saturated heterocycles. The first-order valence-electron chi connectivity index (χ1n) is 6.84. The predicted octanol–water partition coefficient (Wildman–Crippen LogP) is 2.19. The number of aliphatic imine (C=N–C) groups is 1. The number of nitrogens with zero attached hydrogens (tertiary/aromatic N) is 1. The molecule has 0 spiro atoms. The molecule has 0 aromatic heterocycles. The molecular weight excluding hydrogens is 278 g/mol. The van der Waals surface area contributed by atoms with Gasteiger partial charge in [0.05, 0.1) is 11.6 Å². The van der Waals surface area contributed by atoms with Crippen molar-refractivity contribution in [1.82, 2.24) is 10.6 Å². The number of hydrogen-bond acceptors (Lipinski definition) is 3. The lowest BCUT2D eigenvalue weighted by molar-refractivity contribution is 0.171. The van der Waals surface area contributed by atoms with Crippen molar-refractivity contribution in [2.45, 2.75) is 20.4 Å². The highest BCUT2D eigenvalue weighted by molar-refractivity contribution is 6.32. The van der Waals surface area contributed by atoms with E-state index < -0.39 is 0 Å². The van der Waals surface area contributed by atoms with Gasteiger partial charge in [-0.15, -0.1) is 0 Å². The lowest BCUT2D eigenvalue weighted by atomic mass is 10.2. The van der Waals surface area contributed by atoms with Crippen LogP contribution >= 0.6 is 11.6 Å². The van der Waals surface area contributed by atoms with Gasteiger partial charge in [-0.2, -0.15) is 0 Å². The Morgan fingerprint density at radius 3 is 2.60 bits per heavy atom. The zero-order valence-corrected chi connectivity index (χ0v) is 12.6. The average Bonchev–Trinajstić information content (AvgIpc) is 2.45. The molecule has 0 atom stereocenters. The fraction of sp³-hybridized carbons (Fsp3) is 0.500. The standard InChI is InChI=1S/C14H20ClN3O2/c1-3-16-14(17-4-2)18-9-10-7-11(15)13-12(8-10)19-5-6-20-13/h7-8H,3-6,9H2,1-2H3,(H2,16,17,18). The summed E-state index contributed by atoms with van der Waals surface area (Å²) < 4.78 is 11.1. The number of halogens is 1. The topological polar surface area (TPSA) is 54.9 Å². The van der Waals surface area contributed by atoms with Gasteiger partial charge in [-0.1, -0.05) is 11.6 Å². The van der Waals surface area contributed by atoms with Crippen LogP contribution in [0.3, 0.4) is 0 Å². The number of benzene rings is 1. The van der Waals surface area contributed by atoms with Crippen LogP contribution in [0.25, 0.3) is 0 Å². The first-order chi connectivity index (χ1) is 9.74. The Morgan fingerprint density at radius 1 is 1.20 bits per heavy atom. The Bertz CT molecular complexity index is 484. The number of guanidine groups is 1. The van der Waals surface area contributed by atoms with Gasteiger partial charge in [0.2, 0.25) is 0 Å². The second-order valence-electron chi connectivity index (χ2n) is 4.33. The van der Waals surface area contributed by atoms with Crippen LogP contribution in [-0.2, 0) is 6.54 Å². The summed E-state index contributed by atoms with van der Waals surface area (Å²) in [5.41, 5.74) is 0.993. The molecule has 1 aromatic carbocycles. The molecule has 0 bridgehead atoms. The van der Waals surface area contributed by atoms with E-state index in [1.54, 1.807) is 0 Å². The monoisotopic (exact) mass is 297 g/mol. The van der Waals surface area contributed by atoms with E-state index in [4.69, 9.17) is 21.1 Å². The zero-order chi connectivity index (χ0) is 14.4. The molecule has 1 aromatic rings. The Hall–Kier alpha value is -1.62. The molecule has 1 aliphatic rings. The van der Waals surface area contributed by atoms with Crippen LogP contribution in [0.2, 0.25) is 5.02 Å². The summed E-state index contributed by atoms with van der Waals surface area (Å²) in [4.78, 5) is 4.50. The van der Waals surface area contributed by atoms with Crippen molar-refractivity contribution >= 4 is 17.6 Å². The van der Waals surface area contributed by atoms with Crippen LogP contribution < -0.4 is 20.1 Å². The van der Waals surface area contributed by atoms with Gasteiger partial charge in [0.25, 0.3) is 0 Å². The summed E-state index contributed by atoms with van der Waals surface area (Å²) in [7, 11) is 0. The SMILES string of the molecule is CCNC(=NCc1cc(Cl)c2c(c1)OCCO2)NCC. The highest BCUT2D eigenvalue weighted by atomic mass is 35.5. The Kier molecular flexibility index (Phi) is 5.35. The third-order valence-corrected chi connectivity index (χ3v) is 3.05. The molecule has 0 fully saturated rings. The van der Waals surface area contributed by atoms with Crippen molar-refractivity contribution in [1.29, 1.82) is 0 Å². The zero-order valence-electron chi connectivity index (χ0n) is 11.8. The molecule has 0 amide bonds. The summed E-state index contributed by atoms with van der Waals surface area (Å²) in [5, 5.41) is 6.93. The Balaban J connectivity index is 2.13. The van der Waals surface area contributed by atoms with E-state index in [1.165, 1.54) is 0 Å². The normalized spacial score (nSPS) is 12.8. The van der Waals surface area contributed by atoms with Crippen LogP contribution in [-0.4, -0.2) is 32.3 Å². The van der Waals surface area contributed by atoms with Gasteiger partial charge < -0.3 is 20.1 Å². The molecule has 0 unspecified atom stereocenters. The molecule has 5 nitrogen and oxygen atoms in total. The van der Waals surface area contributed by atoms with Crippen molar-refractivity contribution < 1.29 is 9.47 Å². The van der Waals surface area contributed by atoms with Crippen LogP contribution in [0.15, 0.2) is 17.1 Å².